The second-order valence-corrected chi connectivity index (χ2v) is 16.7. The first-order chi connectivity index (χ1) is 20.0. The van der Waals surface area contributed by atoms with Crippen LogP contribution in [0.15, 0.2) is 66.0 Å². The summed E-state index contributed by atoms with van der Waals surface area (Å²) in [5.41, 5.74) is 3.00. The molecule has 1 N–H and O–H groups in total. The van der Waals surface area contributed by atoms with E-state index < -0.39 is 22.9 Å². The highest BCUT2D eigenvalue weighted by Crippen LogP contribution is 2.43. The van der Waals surface area contributed by atoms with E-state index in [1.165, 1.54) is 18.5 Å². The van der Waals surface area contributed by atoms with E-state index in [1.54, 1.807) is 6.20 Å². The fourth-order valence-corrected chi connectivity index (χ4v) is 7.38. The highest BCUT2D eigenvalue weighted by Gasteiger charge is 2.36. The molecule has 0 aromatic carbocycles. The molecule has 0 spiro atoms. The first-order valence-corrected chi connectivity index (χ1v) is 18.2. The summed E-state index contributed by atoms with van der Waals surface area (Å²) >= 11 is 0. The fraction of sp³-hybridized carbons (Fsp3) is 0.345. The third-order valence-corrected chi connectivity index (χ3v) is 11.3. The lowest BCUT2D eigenvalue weighted by atomic mass is 10.1. The van der Waals surface area contributed by atoms with E-state index in [1.807, 2.05) is 43.1 Å². The van der Waals surface area contributed by atoms with E-state index in [9.17, 15) is 17.8 Å². The first kappa shape index (κ1) is 28.4. The van der Waals surface area contributed by atoms with E-state index in [0.717, 1.165) is 72.9 Å². The van der Waals surface area contributed by atoms with Gasteiger partial charge in [0, 0.05) is 74.8 Å². The highest BCUT2D eigenvalue weighted by atomic mass is 32.2. The topological polar surface area (TPSA) is 138 Å². The van der Waals surface area contributed by atoms with E-state index in [0.29, 0.717) is 11.7 Å². The van der Waals surface area contributed by atoms with Crippen LogP contribution in [0.5, 0.6) is 0 Å². The Bertz CT molecular complexity index is 1820. The summed E-state index contributed by atoms with van der Waals surface area (Å²) in [7, 11) is -5.41. The predicted molar refractivity (Wildman–Crippen MR) is 162 cm³/mol. The van der Waals surface area contributed by atoms with Crippen LogP contribution in [-0.4, -0.2) is 96.6 Å². The molecule has 2 aliphatic rings. The lowest BCUT2D eigenvalue weighted by Gasteiger charge is -2.47. The number of rotatable bonds is 7. The van der Waals surface area contributed by atoms with Crippen LogP contribution in [0.4, 0.5) is 5.82 Å². The second-order valence-electron chi connectivity index (χ2n) is 11.1. The van der Waals surface area contributed by atoms with E-state index in [-0.39, 0.29) is 17.0 Å². The monoisotopic (exact) mass is 605 g/mol. The Hall–Kier alpha value is -3.73. The number of sulfone groups is 1. The molecule has 4 aromatic rings. The smallest absolute Gasteiger partial charge is 0.253 e. The fourth-order valence-electron chi connectivity index (χ4n) is 5.20. The second kappa shape index (κ2) is 11.2. The molecule has 6 heterocycles. The number of aromatic nitrogens is 4. The largest absolute Gasteiger partial charge is 0.353 e. The van der Waals surface area contributed by atoms with Crippen LogP contribution in [0.3, 0.4) is 0 Å². The Morgan fingerprint density at radius 3 is 2.55 bits per heavy atom. The van der Waals surface area contributed by atoms with Gasteiger partial charge in [-0.25, -0.2) is 18.4 Å². The standard InChI is InChI=1S/C29H32N7O4PS/c1-41(38)10-8-35(9-11-41)23-18-36(19-23)28-5-3-4-25(34-28)26-7-6-20-15-31-22(13-27(20)33-26)16-32-29(37)21-12-24(17-30-14-21)42(2,39)40/h3-7,12-15,17,23H,8-11,16,18-19H2,1-2H3,(H,32,37). The quantitative estimate of drug-likeness (QED) is 0.313. The summed E-state index contributed by atoms with van der Waals surface area (Å²) < 4.78 is 35.9. The van der Waals surface area contributed by atoms with Crippen molar-refractivity contribution in [3.63, 3.8) is 0 Å². The minimum absolute atomic E-state index is 0.0154. The molecular weight excluding hydrogens is 573 g/mol. The van der Waals surface area contributed by atoms with Gasteiger partial charge in [-0.3, -0.25) is 19.7 Å². The van der Waals surface area contributed by atoms with Crippen LogP contribution in [-0.2, 0) is 20.9 Å². The summed E-state index contributed by atoms with van der Waals surface area (Å²) in [6.07, 6.45) is 6.94. The number of hydrogen-bond acceptors (Lipinski definition) is 10. The van der Waals surface area contributed by atoms with Gasteiger partial charge in [0.25, 0.3) is 5.91 Å². The zero-order valence-corrected chi connectivity index (χ0v) is 25.2. The summed E-state index contributed by atoms with van der Waals surface area (Å²) in [6, 6.07) is 13.4. The van der Waals surface area contributed by atoms with Gasteiger partial charge in [0.2, 0.25) is 0 Å². The van der Waals surface area contributed by atoms with Crippen molar-refractivity contribution in [1.82, 2.24) is 30.2 Å². The van der Waals surface area contributed by atoms with Gasteiger partial charge in [0.1, 0.15) is 5.82 Å². The number of amides is 1. The Morgan fingerprint density at radius 1 is 1.02 bits per heavy atom. The number of carbonyl (C=O) groups excluding carboxylic acids is 1. The molecule has 2 aliphatic heterocycles. The van der Waals surface area contributed by atoms with Crippen LogP contribution in [0.2, 0.25) is 0 Å². The molecule has 11 nitrogen and oxygen atoms in total. The van der Waals surface area contributed by atoms with Gasteiger partial charge in [0.05, 0.1) is 46.7 Å². The summed E-state index contributed by atoms with van der Waals surface area (Å²) in [5, 5.41) is 3.63. The number of hydrogen-bond donors (Lipinski definition) is 1. The Balaban J connectivity index is 1.12. The van der Waals surface area contributed by atoms with Crippen LogP contribution >= 0.6 is 7.14 Å². The average Bonchev–Trinajstić information content (AvgIpc) is 2.95. The lowest BCUT2D eigenvalue weighted by molar-refractivity contribution is 0.0950. The van der Waals surface area contributed by atoms with E-state index in [2.05, 4.69) is 25.1 Å². The van der Waals surface area contributed by atoms with Crippen LogP contribution < -0.4 is 10.2 Å². The molecule has 0 unspecified atom stereocenters. The molecular formula is C29H32N7O4PS. The van der Waals surface area contributed by atoms with Crippen LogP contribution in [0.25, 0.3) is 22.3 Å². The third-order valence-electron chi connectivity index (χ3n) is 7.88. The van der Waals surface area contributed by atoms with Crippen molar-refractivity contribution >= 4 is 39.6 Å². The van der Waals surface area contributed by atoms with Crippen molar-refractivity contribution in [2.45, 2.75) is 17.5 Å². The van der Waals surface area contributed by atoms with Gasteiger partial charge in [-0.1, -0.05) is 6.07 Å². The molecule has 1 amide bonds. The minimum Gasteiger partial charge on any atom is -0.353 e. The molecule has 2 saturated heterocycles. The molecule has 0 bridgehead atoms. The molecule has 42 heavy (non-hydrogen) atoms. The normalized spacial score (nSPS) is 17.6. The summed E-state index contributed by atoms with van der Waals surface area (Å²) in [5.74, 6) is 0.466. The molecule has 0 aliphatic carbocycles. The third kappa shape index (κ3) is 6.21. The van der Waals surface area contributed by atoms with Gasteiger partial charge < -0.3 is 14.8 Å². The average molecular weight is 606 g/mol. The molecule has 2 fully saturated rings. The number of fused-ring (bicyclic) bond motifs is 1. The molecule has 0 saturated carbocycles. The highest BCUT2D eigenvalue weighted by molar-refractivity contribution is 7.90. The molecule has 4 aromatic heterocycles. The Morgan fingerprint density at radius 2 is 1.79 bits per heavy atom. The molecule has 13 heteroatoms. The van der Waals surface area contributed by atoms with E-state index >= 15 is 0 Å². The molecule has 0 radical (unpaired) electrons. The van der Waals surface area contributed by atoms with Gasteiger partial charge in [-0.2, -0.15) is 0 Å². The maximum atomic E-state index is 12.6. The van der Waals surface area contributed by atoms with Crippen molar-refractivity contribution in [3.8, 4) is 11.4 Å². The lowest BCUT2D eigenvalue weighted by Crippen LogP contribution is -2.61. The minimum atomic E-state index is -3.48. The van der Waals surface area contributed by atoms with Crippen molar-refractivity contribution < 1.29 is 17.8 Å². The SMILES string of the molecule is CP1(=O)CCN(C2CN(c3cccc(-c4ccc5cnc(CNC(=O)c6cncc(S(C)(=O)=O)c6)cc5n4)n3)C2)CC1. The summed E-state index contributed by atoms with van der Waals surface area (Å²) in [4.78, 5) is 35.4. The van der Waals surface area contributed by atoms with Gasteiger partial charge in [0.15, 0.2) is 9.84 Å². The van der Waals surface area contributed by atoms with Crippen molar-refractivity contribution in [1.29, 1.82) is 0 Å². The maximum Gasteiger partial charge on any atom is 0.253 e. The first-order valence-electron chi connectivity index (χ1n) is 13.8. The van der Waals surface area contributed by atoms with Gasteiger partial charge in [-0.15, -0.1) is 0 Å². The summed E-state index contributed by atoms with van der Waals surface area (Å²) in [6.45, 7) is 5.70. The Labute approximate surface area is 244 Å². The number of pyridine rings is 4. The number of nitrogens with zero attached hydrogens (tertiary/aromatic N) is 6. The maximum absolute atomic E-state index is 12.6. The zero-order valence-electron chi connectivity index (χ0n) is 23.5. The zero-order chi connectivity index (χ0) is 29.5. The van der Waals surface area contributed by atoms with Gasteiger partial charge in [-0.05, 0) is 43.1 Å². The van der Waals surface area contributed by atoms with Crippen LogP contribution in [0.1, 0.15) is 16.1 Å². The van der Waals surface area contributed by atoms with Crippen molar-refractivity contribution in [2.24, 2.45) is 0 Å². The molecule has 218 valence electrons. The Kier molecular flexibility index (Phi) is 7.55. The predicted octanol–water partition coefficient (Wildman–Crippen LogP) is 2.92. The van der Waals surface area contributed by atoms with Crippen LogP contribution in [0, 0.1) is 0 Å². The molecule has 6 rings (SSSR count). The van der Waals surface area contributed by atoms with Crippen molar-refractivity contribution in [2.75, 3.05) is 56.3 Å². The molecule has 0 atom stereocenters. The number of anilines is 1. The van der Waals surface area contributed by atoms with Crippen molar-refractivity contribution in [3.05, 3.63) is 72.3 Å². The number of carbonyl (C=O) groups is 1. The number of nitrogens with one attached hydrogen (secondary N) is 1. The van der Waals surface area contributed by atoms with Gasteiger partial charge >= 0.3 is 0 Å². The van der Waals surface area contributed by atoms with E-state index in [4.69, 9.17) is 9.97 Å².